The van der Waals surface area contributed by atoms with Crippen LogP contribution in [0.3, 0.4) is 0 Å². The van der Waals surface area contributed by atoms with Crippen molar-refractivity contribution >= 4 is 36.3 Å². The largest absolute Gasteiger partial charge is 0.480 e. The molecule has 0 bridgehead atoms. The summed E-state index contributed by atoms with van der Waals surface area (Å²) in [6.07, 6.45) is 4.42. The minimum Gasteiger partial charge on any atom is -0.480 e. The number of likely N-dealkylation sites (tertiary alicyclic amines) is 1. The van der Waals surface area contributed by atoms with E-state index in [0.29, 0.717) is 32.4 Å². The van der Waals surface area contributed by atoms with Gasteiger partial charge in [0.05, 0.1) is 6.04 Å². The van der Waals surface area contributed by atoms with Gasteiger partial charge in [-0.3, -0.25) is 14.4 Å². The van der Waals surface area contributed by atoms with Crippen LogP contribution < -0.4 is 21.7 Å². The predicted molar refractivity (Wildman–Crippen MR) is 114 cm³/mol. The number of thiol groups is 1. The maximum atomic E-state index is 12.8. The standard InChI is InChI=1S/C19H33N5O5S/c20-8-2-1-5-13(19(28)29)22-16(25)14(11-30)23-17(26)15-7-4-10-24(15)18(27)12-6-3-9-21-12/h12-15,21,30H,1-11,20H2,(H,22,25)(H,23,26)(H,28,29). The van der Waals surface area contributed by atoms with Gasteiger partial charge in [0, 0.05) is 12.3 Å². The van der Waals surface area contributed by atoms with Crippen LogP contribution in [-0.4, -0.2) is 83.3 Å². The van der Waals surface area contributed by atoms with Crippen LogP contribution >= 0.6 is 12.6 Å². The van der Waals surface area contributed by atoms with E-state index < -0.39 is 35.9 Å². The van der Waals surface area contributed by atoms with E-state index in [9.17, 15) is 24.3 Å². The summed E-state index contributed by atoms with van der Waals surface area (Å²) in [7, 11) is 0. The quantitative estimate of drug-likeness (QED) is 0.174. The van der Waals surface area contributed by atoms with Crippen molar-refractivity contribution in [3.05, 3.63) is 0 Å². The number of hydrogen-bond donors (Lipinski definition) is 6. The predicted octanol–water partition coefficient (Wildman–Crippen LogP) is -1.16. The van der Waals surface area contributed by atoms with Crippen molar-refractivity contribution in [3.63, 3.8) is 0 Å². The van der Waals surface area contributed by atoms with E-state index in [0.717, 1.165) is 25.8 Å². The molecular formula is C19H33N5O5S. The van der Waals surface area contributed by atoms with Gasteiger partial charge in [0.15, 0.2) is 0 Å². The lowest BCUT2D eigenvalue weighted by atomic mass is 10.1. The van der Waals surface area contributed by atoms with Gasteiger partial charge in [0.2, 0.25) is 17.7 Å². The van der Waals surface area contributed by atoms with Crippen LogP contribution in [0.5, 0.6) is 0 Å². The summed E-state index contributed by atoms with van der Waals surface area (Å²) in [5.74, 6) is -2.23. The van der Waals surface area contributed by atoms with Gasteiger partial charge in [0.25, 0.3) is 0 Å². The zero-order chi connectivity index (χ0) is 22.1. The van der Waals surface area contributed by atoms with Gasteiger partial charge < -0.3 is 31.7 Å². The molecule has 2 heterocycles. The van der Waals surface area contributed by atoms with Crippen LogP contribution in [0.2, 0.25) is 0 Å². The van der Waals surface area contributed by atoms with Crippen molar-refractivity contribution in [2.75, 3.05) is 25.4 Å². The Labute approximate surface area is 182 Å². The average molecular weight is 444 g/mol. The molecule has 2 aliphatic rings. The number of carbonyl (C=O) groups excluding carboxylic acids is 3. The molecule has 30 heavy (non-hydrogen) atoms. The number of carbonyl (C=O) groups is 4. The number of hydrogen-bond acceptors (Lipinski definition) is 7. The Bertz CT molecular complexity index is 628. The van der Waals surface area contributed by atoms with Crippen molar-refractivity contribution in [2.24, 2.45) is 5.73 Å². The summed E-state index contributed by atoms with van der Waals surface area (Å²) >= 11 is 4.14. The van der Waals surface area contributed by atoms with Crippen LogP contribution in [0.1, 0.15) is 44.9 Å². The first-order chi connectivity index (χ1) is 14.4. The molecule has 11 heteroatoms. The summed E-state index contributed by atoms with van der Waals surface area (Å²) in [5.41, 5.74) is 5.42. The second-order valence-corrected chi connectivity index (χ2v) is 8.13. The van der Waals surface area contributed by atoms with Gasteiger partial charge in [0.1, 0.15) is 18.1 Å². The van der Waals surface area contributed by atoms with E-state index >= 15 is 0 Å². The molecule has 0 aromatic carbocycles. The second kappa shape index (κ2) is 12.1. The molecule has 170 valence electrons. The maximum absolute atomic E-state index is 12.8. The molecule has 4 atom stereocenters. The highest BCUT2D eigenvalue weighted by Crippen LogP contribution is 2.21. The smallest absolute Gasteiger partial charge is 0.326 e. The minimum atomic E-state index is -1.14. The highest BCUT2D eigenvalue weighted by molar-refractivity contribution is 7.80. The molecule has 6 N–H and O–H groups in total. The number of carboxylic acids is 1. The fourth-order valence-electron chi connectivity index (χ4n) is 3.88. The molecule has 0 radical (unpaired) electrons. The third kappa shape index (κ3) is 6.58. The Morgan fingerprint density at radius 2 is 1.90 bits per heavy atom. The molecule has 0 spiro atoms. The van der Waals surface area contributed by atoms with Crippen molar-refractivity contribution in [1.29, 1.82) is 0 Å². The van der Waals surface area contributed by atoms with Gasteiger partial charge in [-0.25, -0.2) is 4.79 Å². The van der Waals surface area contributed by atoms with Crippen LogP contribution in [0.25, 0.3) is 0 Å². The van der Waals surface area contributed by atoms with Crippen molar-refractivity contribution in [2.45, 2.75) is 69.1 Å². The lowest BCUT2D eigenvalue weighted by Gasteiger charge is -2.28. The monoisotopic (exact) mass is 443 g/mol. The SMILES string of the molecule is NCCCCC(NC(=O)C(CS)NC(=O)C1CCCN1C(=O)C1CCCN1)C(=O)O. The third-order valence-corrected chi connectivity index (χ3v) is 5.94. The molecule has 0 aromatic heterocycles. The second-order valence-electron chi connectivity index (χ2n) is 7.77. The Morgan fingerprint density at radius 1 is 1.13 bits per heavy atom. The Morgan fingerprint density at radius 3 is 2.50 bits per heavy atom. The fraction of sp³-hybridized carbons (Fsp3) is 0.789. The first kappa shape index (κ1) is 24.4. The lowest BCUT2D eigenvalue weighted by molar-refractivity contribution is -0.143. The van der Waals surface area contributed by atoms with Gasteiger partial charge in [-0.05, 0) is 58.0 Å². The summed E-state index contributed by atoms with van der Waals surface area (Å²) < 4.78 is 0. The van der Waals surface area contributed by atoms with E-state index in [1.54, 1.807) is 4.90 Å². The molecule has 0 saturated carbocycles. The number of amides is 3. The van der Waals surface area contributed by atoms with Crippen LogP contribution in [-0.2, 0) is 19.2 Å². The topological polar surface area (TPSA) is 154 Å². The summed E-state index contributed by atoms with van der Waals surface area (Å²) in [6.45, 7) is 1.75. The Balaban J connectivity index is 1.94. The molecule has 2 fully saturated rings. The molecule has 3 amide bonds. The number of aliphatic carboxylic acids is 1. The van der Waals surface area contributed by atoms with Crippen molar-refractivity contribution in [3.8, 4) is 0 Å². The molecule has 2 aliphatic heterocycles. The zero-order valence-electron chi connectivity index (χ0n) is 17.1. The number of carboxylic acid groups (broad SMARTS) is 1. The van der Waals surface area contributed by atoms with Crippen LogP contribution in [0.4, 0.5) is 0 Å². The van der Waals surface area contributed by atoms with Crippen LogP contribution in [0.15, 0.2) is 0 Å². The highest BCUT2D eigenvalue weighted by Gasteiger charge is 2.39. The van der Waals surface area contributed by atoms with Gasteiger partial charge in [-0.2, -0.15) is 12.6 Å². The van der Waals surface area contributed by atoms with Gasteiger partial charge in [-0.15, -0.1) is 0 Å². The fourth-order valence-corrected chi connectivity index (χ4v) is 4.14. The molecule has 10 nitrogen and oxygen atoms in total. The van der Waals surface area contributed by atoms with E-state index in [2.05, 4.69) is 28.6 Å². The maximum Gasteiger partial charge on any atom is 0.326 e. The summed E-state index contributed by atoms with van der Waals surface area (Å²) in [6, 6.07) is -2.93. The number of unbranched alkanes of at least 4 members (excludes halogenated alkanes) is 1. The lowest BCUT2D eigenvalue weighted by Crippen LogP contribution is -2.57. The summed E-state index contributed by atoms with van der Waals surface area (Å²) in [5, 5.41) is 17.6. The molecular weight excluding hydrogens is 410 g/mol. The zero-order valence-corrected chi connectivity index (χ0v) is 18.0. The molecule has 2 saturated heterocycles. The van der Waals surface area contributed by atoms with Crippen LogP contribution in [0, 0.1) is 0 Å². The minimum absolute atomic E-state index is 0.0115. The van der Waals surface area contributed by atoms with E-state index in [1.807, 2.05) is 0 Å². The van der Waals surface area contributed by atoms with Crippen molar-refractivity contribution < 1.29 is 24.3 Å². The van der Waals surface area contributed by atoms with Crippen molar-refractivity contribution in [1.82, 2.24) is 20.9 Å². The summed E-state index contributed by atoms with van der Waals surface area (Å²) in [4.78, 5) is 51.1. The van der Waals surface area contributed by atoms with E-state index in [1.165, 1.54) is 0 Å². The van der Waals surface area contributed by atoms with Gasteiger partial charge >= 0.3 is 5.97 Å². The first-order valence-corrected chi connectivity index (χ1v) is 11.2. The average Bonchev–Trinajstić information content (AvgIpc) is 3.42. The Kier molecular flexibility index (Phi) is 9.86. The molecule has 4 unspecified atom stereocenters. The number of nitrogens with one attached hydrogen (secondary N) is 3. The molecule has 0 aromatic rings. The van der Waals surface area contributed by atoms with Gasteiger partial charge in [-0.1, -0.05) is 0 Å². The number of nitrogens with two attached hydrogens (primary N) is 1. The Hall–Kier alpha value is -1.85. The number of rotatable bonds is 11. The molecule has 0 aliphatic carbocycles. The highest BCUT2D eigenvalue weighted by atomic mass is 32.1. The van der Waals surface area contributed by atoms with E-state index in [4.69, 9.17) is 5.73 Å². The first-order valence-electron chi connectivity index (χ1n) is 10.6. The number of nitrogens with zero attached hydrogens (tertiary/aromatic N) is 1. The van der Waals surface area contributed by atoms with E-state index in [-0.39, 0.29) is 24.1 Å². The molecule has 2 rings (SSSR count). The normalized spacial score (nSPS) is 23.1. The third-order valence-electron chi connectivity index (χ3n) is 5.57.